The minimum Gasteiger partial charge on any atom is -0.493 e. The maximum Gasteiger partial charge on any atom is 0.316 e. The lowest BCUT2D eigenvalue weighted by Crippen LogP contribution is -2.11. The average molecular weight is 422 g/mol. The first-order chi connectivity index (χ1) is 14.6. The van der Waals surface area contributed by atoms with Crippen LogP contribution in [0.1, 0.15) is 4.88 Å². The summed E-state index contributed by atoms with van der Waals surface area (Å²) >= 11 is 1.49. The van der Waals surface area contributed by atoms with Gasteiger partial charge in [0, 0.05) is 10.9 Å². The van der Waals surface area contributed by atoms with Gasteiger partial charge in [0.25, 0.3) is 0 Å². The van der Waals surface area contributed by atoms with Crippen LogP contribution in [0.5, 0.6) is 17.2 Å². The molecule has 2 heterocycles. The normalized spacial score (nSPS) is 10.7. The SMILES string of the molecule is COc1ccc(-c2coc3cc(OC(=O)Cc4cccs4)ccc3c2=O)cc1OC. The molecule has 0 saturated carbocycles. The Balaban J connectivity index is 1.63. The van der Waals surface area contributed by atoms with Gasteiger partial charge >= 0.3 is 5.97 Å². The molecule has 0 fully saturated rings. The van der Waals surface area contributed by atoms with E-state index in [1.54, 1.807) is 43.5 Å². The second kappa shape index (κ2) is 8.42. The Morgan fingerprint density at radius 3 is 2.60 bits per heavy atom. The number of hydrogen-bond donors (Lipinski definition) is 0. The predicted octanol–water partition coefficient (Wildman–Crippen LogP) is 4.69. The van der Waals surface area contributed by atoms with E-state index in [4.69, 9.17) is 18.6 Å². The first-order valence-corrected chi connectivity index (χ1v) is 9.98. The first kappa shape index (κ1) is 19.7. The van der Waals surface area contributed by atoms with Crippen LogP contribution in [0.2, 0.25) is 0 Å². The van der Waals surface area contributed by atoms with E-state index in [0.29, 0.717) is 39.3 Å². The minimum atomic E-state index is -0.374. The Bertz CT molecular complexity index is 1260. The molecule has 6 nitrogen and oxygen atoms in total. The van der Waals surface area contributed by atoms with Gasteiger partial charge in [-0.25, -0.2) is 0 Å². The van der Waals surface area contributed by atoms with Crippen molar-refractivity contribution in [2.24, 2.45) is 0 Å². The van der Waals surface area contributed by atoms with Crippen molar-refractivity contribution in [1.29, 1.82) is 0 Å². The number of esters is 1. The van der Waals surface area contributed by atoms with E-state index in [1.165, 1.54) is 24.7 Å². The van der Waals surface area contributed by atoms with Gasteiger partial charge in [-0.05, 0) is 41.3 Å². The van der Waals surface area contributed by atoms with E-state index in [0.717, 1.165) is 4.88 Å². The third kappa shape index (κ3) is 3.92. The van der Waals surface area contributed by atoms with E-state index in [9.17, 15) is 9.59 Å². The molecule has 0 atom stereocenters. The summed E-state index contributed by atoms with van der Waals surface area (Å²) in [6.45, 7) is 0. The quantitative estimate of drug-likeness (QED) is 0.332. The van der Waals surface area contributed by atoms with Gasteiger partial charge in [0.1, 0.15) is 17.6 Å². The fourth-order valence-electron chi connectivity index (χ4n) is 3.10. The highest BCUT2D eigenvalue weighted by atomic mass is 32.1. The van der Waals surface area contributed by atoms with Crippen LogP contribution in [-0.4, -0.2) is 20.2 Å². The van der Waals surface area contributed by atoms with Gasteiger partial charge in [-0.3, -0.25) is 9.59 Å². The lowest BCUT2D eigenvalue weighted by Gasteiger charge is -2.10. The molecule has 4 aromatic rings. The number of thiophene rings is 1. The summed E-state index contributed by atoms with van der Waals surface area (Å²) in [5.74, 6) is 1.04. The highest BCUT2D eigenvalue weighted by Gasteiger charge is 2.14. The molecule has 2 aromatic heterocycles. The van der Waals surface area contributed by atoms with Crippen molar-refractivity contribution < 1.29 is 23.4 Å². The molecule has 0 bridgehead atoms. The molecule has 0 saturated heterocycles. The summed E-state index contributed by atoms with van der Waals surface area (Å²) in [5, 5.41) is 2.30. The molecule has 0 aliphatic heterocycles. The second-order valence-corrected chi connectivity index (χ2v) is 7.47. The van der Waals surface area contributed by atoms with E-state index in [1.807, 2.05) is 17.5 Å². The van der Waals surface area contributed by atoms with Gasteiger partial charge in [-0.1, -0.05) is 12.1 Å². The molecule has 4 rings (SSSR count). The molecule has 2 aromatic carbocycles. The van der Waals surface area contributed by atoms with Gasteiger partial charge in [0.2, 0.25) is 0 Å². The van der Waals surface area contributed by atoms with Crippen molar-refractivity contribution in [3.63, 3.8) is 0 Å². The summed E-state index contributed by atoms with van der Waals surface area (Å²) in [7, 11) is 3.08. The lowest BCUT2D eigenvalue weighted by atomic mass is 10.0. The van der Waals surface area contributed by atoms with Crippen LogP contribution >= 0.6 is 11.3 Å². The molecule has 0 aliphatic rings. The summed E-state index contributed by atoms with van der Waals surface area (Å²) < 4.78 is 21.6. The summed E-state index contributed by atoms with van der Waals surface area (Å²) in [5.41, 5.74) is 1.19. The fraction of sp³-hybridized carbons (Fsp3) is 0.130. The summed E-state index contributed by atoms with van der Waals surface area (Å²) in [4.78, 5) is 26.0. The molecule has 0 spiro atoms. The Morgan fingerprint density at radius 2 is 1.87 bits per heavy atom. The van der Waals surface area contributed by atoms with Crippen LogP contribution in [-0.2, 0) is 11.2 Å². The van der Waals surface area contributed by atoms with Crippen molar-refractivity contribution in [1.82, 2.24) is 0 Å². The molecule has 30 heavy (non-hydrogen) atoms. The second-order valence-electron chi connectivity index (χ2n) is 6.44. The number of benzene rings is 2. The van der Waals surface area contributed by atoms with E-state index in [2.05, 4.69) is 0 Å². The van der Waals surface area contributed by atoms with Crippen molar-refractivity contribution in [2.75, 3.05) is 14.2 Å². The van der Waals surface area contributed by atoms with Crippen LogP contribution < -0.4 is 19.6 Å². The van der Waals surface area contributed by atoms with Crippen LogP contribution in [0, 0.1) is 0 Å². The molecule has 152 valence electrons. The average Bonchev–Trinajstić information content (AvgIpc) is 3.26. The maximum absolute atomic E-state index is 13.0. The molecular formula is C23H18O6S. The van der Waals surface area contributed by atoms with Crippen LogP contribution in [0.15, 0.2) is 69.4 Å². The fourth-order valence-corrected chi connectivity index (χ4v) is 3.79. The largest absolute Gasteiger partial charge is 0.493 e. The molecular weight excluding hydrogens is 404 g/mol. The number of methoxy groups -OCH3 is 2. The third-order valence-electron chi connectivity index (χ3n) is 4.57. The number of fused-ring (bicyclic) bond motifs is 1. The Hall–Kier alpha value is -3.58. The first-order valence-electron chi connectivity index (χ1n) is 9.10. The van der Waals surface area contributed by atoms with Gasteiger partial charge < -0.3 is 18.6 Å². The third-order valence-corrected chi connectivity index (χ3v) is 5.45. The van der Waals surface area contributed by atoms with Crippen molar-refractivity contribution in [3.8, 4) is 28.4 Å². The topological polar surface area (TPSA) is 75.0 Å². The Morgan fingerprint density at radius 1 is 1.03 bits per heavy atom. The number of hydrogen-bond acceptors (Lipinski definition) is 7. The van der Waals surface area contributed by atoms with Crippen LogP contribution in [0.4, 0.5) is 0 Å². The number of ether oxygens (including phenoxy) is 3. The standard InChI is InChI=1S/C23H18O6S/c1-26-19-8-5-14(10-21(19)27-2)18-13-28-20-11-15(6-7-17(20)23(18)25)29-22(24)12-16-4-3-9-30-16/h3-11,13H,12H2,1-2H3. The number of carbonyl (C=O) groups is 1. The van der Waals surface area contributed by atoms with E-state index >= 15 is 0 Å². The Labute approximate surface area is 176 Å². The van der Waals surface area contributed by atoms with Crippen molar-refractivity contribution >= 4 is 28.3 Å². The van der Waals surface area contributed by atoms with Gasteiger partial charge in [-0.15, -0.1) is 11.3 Å². The zero-order valence-corrected chi connectivity index (χ0v) is 17.2. The maximum atomic E-state index is 13.0. The molecule has 0 N–H and O–H groups in total. The summed E-state index contributed by atoms with van der Waals surface area (Å²) in [6.07, 6.45) is 1.58. The predicted molar refractivity (Wildman–Crippen MR) is 115 cm³/mol. The highest BCUT2D eigenvalue weighted by molar-refractivity contribution is 7.10. The zero-order valence-electron chi connectivity index (χ0n) is 16.3. The lowest BCUT2D eigenvalue weighted by molar-refractivity contribution is -0.133. The van der Waals surface area contributed by atoms with Gasteiger partial charge in [0.05, 0.1) is 31.6 Å². The highest BCUT2D eigenvalue weighted by Crippen LogP contribution is 2.32. The minimum absolute atomic E-state index is 0.192. The van der Waals surface area contributed by atoms with Gasteiger partial charge in [0.15, 0.2) is 16.9 Å². The van der Waals surface area contributed by atoms with Crippen LogP contribution in [0.25, 0.3) is 22.1 Å². The van der Waals surface area contributed by atoms with Gasteiger partial charge in [-0.2, -0.15) is 0 Å². The number of rotatable bonds is 6. The molecule has 7 heteroatoms. The number of carbonyl (C=O) groups excluding carboxylic acids is 1. The molecule has 0 unspecified atom stereocenters. The van der Waals surface area contributed by atoms with Crippen molar-refractivity contribution in [2.45, 2.75) is 6.42 Å². The molecule has 0 aliphatic carbocycles. The van der Waals surface area contributed by atoms with E-state index in [-0.39, 0.29) is 17.8 Å². The Kier molecular flexibility index (Phi) is 5.54. The molecule has 0 amide bonds. The zero-order chi connectivity index (χ0) is 21.1. The van der Waals surface area contributed by atoms with Crippen LogP contribution in [0.3, 0.4) is 0 Å². The van der Waals surface area contributed by atoms with E-state index < -0.39 is 0 Å². The monoisotopic (exact) mass is 422 g/mol. The molecule has 0 radical (unpaired) electrons. The van der Waals surface area contributed by atoms with Crippen molar-refractivity contribution in [3.05, 3.63) is 75.3 Å². The smallest absolute Gasteiger partial charge is 0.316 e. The summed E-state index contributed by atoms with van der Waals surface area (Å²) in [6, 6.07) is 13.7.